The van der Waals surface area contributed by atoms with Crippen LogP contribution in [0.4, 0.5) is 0 Å². The van der Waals surface area contributed by atoms with Crippen molar-refractivity contribution in [1.29, 1.82) is 0 Å². The van der Waals surface area contributed by atoms with Crippen molar-refractivity contribution in [2.75, 3.05) is 39.6 Å². The molecule has 0 radical (unpaired) electrons. The summed E-state index contributed by atoms with van der Waals surface area (Å²) in [7, 11) is -9.90. The van der Waals surface area contributed by atoms with Crippen LogP contribution < -0.4 is 0 Å². The van der Waals surface area contributed by atoms with Gasteiger partial charge in [-0.2, -0.15) is 0 Å². The second-order valence-corrected chi connectivity index (χ2v) is 28.8. The number of phosphoric ester groups is 2. The number of rotatable bonds is 64. The summed E-state index contributed by atoms with van der Waals surface area (Å²) >= 11 is 0. The molecule has 0 aromatic rings. The summed E-state index contributed by atoms with van der Waals surface area (Å²) in [6.45, 7) is 14.0. The van der Waals surface area contributed by atoms with E-state index < -0.39 is 97.5 Å². The quantitative estimate of drug-likeness (QED) is 0.0222. The summed E-state index contributed by atoms with van der Waals surface area (Å²) in [5, 5.41) is 10.6. The molecule has 17 nitrogen and oxygen atoms in total. The molecule has 3 unspecified atom stereocenters. The zero-order chi connectivity index (χ0) is 63.9. The molecule has 0 amide bonds. The highest BCUT2D eigenvalue weighted by molar-refractivity contribution is 7.47. The molecule has 3 N–H and O–H groups in total. The van der Waals surface area contributed by atoms with Crippen LogP contribution in [0.15, 0.2) is 0 Å². The molecular weight excluding hydrogens is 1140 g/mol. The monoisotopic (exact) mass is 1270 g/mol. The van der Waals surface area contributed by atoms with E-state index in [1.165, 1.54) is 122 Å². The standard InChI is InChI=1S/C67H130O17P2/c1-9-60(8)46-38-30-24-26-34-42-50-67(72)84-63(53-77-64(69)47-39-31-21-18-17-20-28-36-44-58(4)5)56-82-86(75,76)80-52-61(68)51-79-85(73,74)81-55-62(54-78-65(70)48-40-32-25-23-29-37-45-59(6)7)83-66(71)49-41-33-22-16-14-12-10-11-13-15-19-27-35-43-57(2)3/h57-63,68H,9-56H2,1-8H3,(H,73,74)(H,75,76)/t60?,61-,62+,63+/m0/s1. The van der Waals surface area contributed by atoms with Gasteiger partial charge in [0.25, 0.3) is 0 Å². The van der Waals surface area contributed by atoms with Gasteiger partial charge in [-0.3, -0.25) is 37.3 Å². The average molecular weight is 1270 g/mol. The van der Waals surface area contributed by atoms with Crippen molar-refractivity contribution in [2.24, 2.45) is 23.7 Å². The molecule has 0 aliphatic heterocycles. The van der Waals surface area contributed by atoms with Gasteiger partial charge in [0, 0.05) is 25.7 Å². The number of carbonyl (C=O) groups is 4. The fourth-order valence-electron chi connectivity index (χ4n) is 9.93. The Labute approximate surface area is 524 Å². The second kappa shape index (κ2) is 57.0. The lowest BCUT2D eigenvalue weighted by atomic mass is 10.00. The van der Waals surface area contributed by atoms with Crippen molar-refractivity contribution in [3.05, 3.63) is 0 Å². The van der Waals surface area contributed by atoms with Crippen molar-refractivity contribution in [2.45, 2.75) is 343 Å². The van der Waals surface area contributed by atoms with Gasteiger partial charge in [-0.25, -0.2) is 9.13 Å². The molecule has 0 bridgehead atoms. The highest BCUT2D eigenvalue weighted by Gasteiger charge is 2.30. The molecule has 19 heteroatoms. The number of aliphatic hydroxyl groups is 1. The molecule has 0 fully saturated rings. The van der Waals surface area contributed by atoms with E-state index in [2.05, 4.69) is 55.4 Å². The van der Waals surface area contributed by atoms with Crippen molar-refractivity contribution < 1.29 is 80.2 Å². The maximum Gasteiger partial charge on any atom is 0.472 e. The molecule has 0 heterocycles. The number of phosphoric acid groups is 2. The second-order valence-electron chi connectivity index (χ2n) is 25.9. The lowest BCUT2D eigenvalue weighted by Crippen LogP contribution is -2.30. The Morgan fingerprint density at radius 3 is 0.826 bits per heavy atom. The number of carbonyl (C=O) groups excluding carboxylic acids is 4. The fourth-order valence-corrected chi connectivity index (χ4v) is 11.5. The molecule has 0 spiro atoms. The molecule has 0 rings (SSSR count). The molecule has 86 heavy (non-hydrogen) atoms. The van der Waals surface area contributed by atoms with Crippen LogP contribution in [0.25, 0.3) is 0 Å². The van der Waals surface area contributed by atoms with Crippen LogP contribution in [-0.4, -0.2) is 96.7 Å². The molecular formula is C67H130O17P2. The Morgan fingerprint density at radius 1 is 0.326 bits per heavy atom. The van der Waals surface area contributed by atoms with Crippen molar-refractivity contribution in [3.8, 4) is 0 Å². The van der Waals surface area contributed by atoms with Crippen molar-refractivity contribution >= 4 is 39.5 Å². The Bertz CT molecular complexity index is 1720. The average Bonchev–Trinajstić information content (AvgIpc) is 3.47. The summed E-state index contributed by atoms with van der Waals surface area (Å²) < 4.78 is 68.1. The summed E-state index contributed by atoms with van der Waals surface area (Å²) in [5.74, 6) is 0.774. The van der Waals surface area contributed by atoms with E-state index in [1.807, 2.05) is 0 Å². The number of aliphatic hydroxyl groups excluding tert-OH is 1. The zero-order valence-electron chi connectivity index (χ0n) is 55.9. The van der Waals surface area contributed by atoms with E-state index in [4.69, 9.17) is 37.0 Å². The van der Waals surface area contributed by atoms with Crippen LogP contribution >= 0.6 is 15.6 Å². The van der Waals surface area contributed by atoms with E-state index in [1.54, 1.807) is 0 Å². The molecule has 6 atom stereocenters. The molecule has 0 saturated heterocycles. The fraction of sp³-hybridized carbons (Fsp3) is 0.940. The highest BCUT2D eigenvalue weighted by atomic mass is 31.2. The minimum Gasteiger partial charge on any atom is -0.462 e. The SMILES string of the molecule is CCC(C)CCCCCCCCC(=O)O[C@H](COC(=O)CCCCCCCCCCC(C)C)COP(=O)(O)OC[C@@H](O)COP(=O)(O)OC[C@@H](COC(=O)CCCCCCCCC(C)C)OC(=O)CCCCCCCCCCCCCCCC(C)C. The van der Waals surface area contributed by atoms with Gasteiger partial charge in [-0.15, -0.1) is 0 Å². The lowest BCUT2D eigenvalue weighted by Gasteiger charge is -2.21. The summed E-state index contributed by atoms with van der Waals surface area (Å²) in [6, 6.07) is 0. The number of esters is 4. The van der Waals surface area contributed by atoms with E-state index in [0.29, 0.717) is 31.6 Å². The lowest BCUT2D eigenvalue weighted by molar-refractivity contribution is -0.161. The Hall–Kier alpha value is -1.94. The molecule has 0 aliphatic rings. The number of hydrogen-bond donors (Lipinski definition) is 3. The Morgan fingerprint density at radius 2 is 0.558 bits per heavy atom. The Balaban J connectivity index is 5.23. The van der Waals surface area contributed by atoms with Gasteiger partial charge in [-0.1, -0.05) is 274 Å². The van der Waals surface area contributed by atoms with Gasteiger partial charge in [0.15, 0.2) is 12.2 Å². The van der Waals surface area contributed by atoms with E-state index >= 15 is 0 Å². The van der Waals surface area contributed by atoms with Crippen molar-refractivity contribution in [3.63, 3.8) is 0 Å². The largest absolute Gasteiger partial charge is 0.472 e. The molecule has 510 valence electrons. The smallest absolute Gasteiger partial charge is 0.462 e. The van der Waals surface area contributed by atoms with Gasteiger partial charge >= 0.3 is 39.5 Å². The van der Waals surface area contributed by atoms with Crippen LogP contribution in [-0.2, 0) is 65.4 Å². The van der Waals surface area contributed by atoms with E-state index in [0.717, 1.165) is 114 Å². The van der Waals surface area contributed by atoms with Gasteiger partial charge in [-0.05, 0) is 49.4 Å². The van der Waals surface area contributed by atoms with Crippen LogP contribution in [0.2, 0.25) is 0 Å². The highest BCUT2D eigenvalue weighted by Crippen LogP contribution is 2.45. The first-order chi connectivity index (χ1) is 41.1. The van der Waals surface area contributed by atoms with Crippen LogP contribution in [0.1, 0.15) is 325 Å². The molecule has 0 aliphatic carbocycles. The Kier molecular flexibility index (Phi) is 55.7. The van der Waals surface area contributed by atoms with E-state index in [9.17, 15) is 43.2 Å². The predicted octanol–water partition coefficient (Wildman–Crippen LogP) is 18.5. The van der Waals surface area contributed by atoms with E-state index in [-0.39, 0.29) is 25.7 Å². The molecule has 0 aromatic carbocycles. The van der Waals surface area contributed by atoms with Gasteiger partial charge in [0.1, 0.15) is 19.3 Å². The minimum atomic E-state index is -4.95. The third-order valence-electron chi connectivity index (χ3n) is 15.7. The van der Waals surface area contributed by atoms with Gasteiger partial charge in [0.2, 0.25) is 0 Å². The first-order valence-corrected chi connectivity index (χ1v) is 37.7. The normalized spacial score (nSPS) is 14.7. The van der Waals surface area contributed by atoms with Gasteiger partial charge in [0.05, 0.1) is 26.4 Å². The number of ether oxygens (including phenoxy) is 4. The van der Waals surface area contributed by atoms with Crippen LogP contribution in [0.3, 0.4) is 0 Å². The number of unbranched alkanes of at least 4 members (excludes halogenated alkanes) is 29. The van der Waals surface area contributed by atoms with Crippen molar-refractivity contribution in [1.82, 2.24) is 0 Å². The third kappa shape index (κ3) is 59.7. The first kappa shape index (κ1) is 84.1. The van der Waals surface area contributed by atoms with Crippen LogP contribution in [0.5, 0.6) is 0 Å². The molecule has 0 aromatic heterocycles. The maximum absolute atomic E-state index is 13.0. The first-order valence-electron chi connectivity index (χ1n) is 34.7. The minimum absolute atomic E-state index is 0.102. The number of hydrogen-bond acceptors (Lipinski definition) is 15. The third-order valence-corrected chi connectivity index (χ3v) is 17.6. The molecule has 0 saturated carbocycles. The van der Waals surface area contributed by atoms with Crippen LogP contribution in [0, 0.1) is 23.7 Å². The summed E-state index contributed by atoms with van der Waals surface area (Å²) in [4.78, 5) is 72.3. The summed E-state index contributed by atoms with van der Waals surface area (Å²) in [5.41, 5.74) is 0. The topological polar surface area (TPSA) is 237 Å². The predicted molar refractivity (Wildman–Crippen MR) is 344 cm³/mol. The zero-order valence-corrected chi connectivity index (χ0v) is 57.7. The maximum atomic E-state index is 13.0. The summed E-state index contributed by atoms with van der Waals surface area (Å²) in [6.07, 6.45) is 37.8. The van der Waals surface area contributed by atoms with Gasteiger partial charge < -0.3 is 33.8 Å².